The Morgan fingerprint density at radius 2 is 2.11 bits per heavy atom. The summed E-state index contributed by atoms with van der Waals surface area (Å²) in [6, 6.07) is 3.49. The molecule has 6 heteroatoms. The van der Waals surface area contributed by atoms with Crippen molar-refractivity contribution in [3.05, 3.63) is 36.8 Å². The molecule has 1 atom stereocenters. The number of carbonyl (C=O) groups excluding carboxylic acids is 2. The van der Waals surface area contributed by atoms with Crippen LogP contribution in [0.1, 0.15) is 11.8 Å². The van der Waals surface area contributed by atoms with E-state index in [1.54, 1.807) is 12.3 Å². The molecule has 0 aliphatic carbocycles. The summed E-state index contributed by atoms with van der Waals surface area (Å²) in [5, 5.41) is 4.99. The molecular weight excluding hydrogens is 246 g/mol. The van der Waals surface area contributed by atoms with Gasteiger partial charge in [0.05, 0.1) is 12.3 Å². The minimum atomic E-state index is -0.670. The van der Waals surface area contributed by atoms with Gasteiger partial charge in [-0.2, -0.15) is 0 Å². The molecule has 19 heavy (non-hydrogen) atoms. The first-order valence-electron chi connectivity index (χ1n) is 5.93. The summed E-state index contributed by atoms with van der Waals surface area (Å²) in [4.78, 5) is 24.8. The van der Waals surface area contributed by atoms with Gasteiger partial charge in [-0.05, 0) is 26.2 Å². The molecule has 0 aliphatic heterocycles. The first-order valence-corrected chi connectivity index (χ1v) is 5.93. The van der Waals surface area contributed by atoms with Crippen LogP contribution >= 0.6 is 0 Å². The average molecular weight is 265 g/mol. The van der Waals surface area contributed by atoms with E-state index in [1.807, 2.05) is 25.1 Å². The number of carbonyl (C=O) groups is 2. The van der Waals surface area contributed by atoms with Crippen molar-refractivity contribution in [2.45, 2.75) is 6.04 Å². The first kappa shape index (κ1) is 15.0. The monoisotopic (exact) mass is 265 g/mol. The molecule has 1 unspecified atom stereocenters. The van der Waals surface area contributed by atoms with Crippen LogP contribution in [0.5, 0.6) is 0 Å². The second-order valence-electron chi connectivity index (χ2n) is 4.20. The Balaban J connectivity index is 2.51. The Kier molecular flexibility index (Phi) is 5.81. The third kappa shape index (κ3) is 4.59. The number of furan rings is 1. The molecule has 0 saturated carbocycles. The average Bonchev–Trinajstić information content (AvgIpc) is 2.89. The zero-order valence-electron chi connectivity index (χ0n) is 11.2. The summed E-state index contributed by atoms with van der Waals surface area (Å²) < 4.78 is 5.31. The molecule has 0 saturated heterocycles. The van der Waals surface area contributed by atoms with Crippen molar-refractivity contribution in [1.29, 1.82) is 0 Å². The Morgan fingerprint density at radius 3 is 2.63 bits per heavy atom. The lowest BCUT2D eigenvalue weighted by Gasteiger charge is -2.22. The Morgan fingerprint density at radius 1 is 1.42 bits per heavy atom. The van der Waals surface area contributed by atoms with Crippen LogP contribution in [-0.2, 0) is 9.59 Å². The molecule has 0 radical (unpaired) electrons. The van der Waals surface area contributed by atoms with Crippen molar-refractivity contribution >= 4 is 11.8 Å². The van der Waals surface area contributed by atoms with Gasteiger partial charge in [0.25, 0.3) is 0 Å². The topological polar surface area (TPSA) is 74.6 Å². The van der Waals surface area contributed by atoms with Crippen molar-refractivity contribution in [1.82, 2.24) is 15.5 Å². The Hall–Kier alpha value is -2.08. The van der Waals surface area contributed by atoms with E-state index in [-0.39, 0.29) is 12.6 Å². The third-order valence-electron chi connectivity index (χ3n) is 2.56. The number of likely N-dealkylation sites (N-methyl/N-ethyl adjacent to an activating group) is 1. The molecule has 1 aromatic heterocycles. The minimum Gasteiger partial charge on any atom is -0.468 e. The molecular formula is C13H19N3O3. The van der Waals surface area contributed by atoms with E-state index in [0.29, 0.717) is 6.54 Å². The summed E-state index contributed by atoms with van der Waals surface area (Å²) >= 11 is 0. The normalized spacial score (nSPS) is 11.9. The summed E-state index contributed by atoms with van der Waals surface area (Å²) in [6.07, 6.45) is 3.08. The van der Waals surface area contributed by atoms with Crippen molar-refractivity contribution in [3.8, 4) is 0 Å². The lowest BCUT2D eigenvalue weighted by Crippen LogP contribution is -2.43. The summed E-state index contributed by atoms with van der Waals surface area (Å²) in [6.45, 7) is 4.02. The van der Waals surface area contributed by atoms with Crippen LogP contribution in [0.15, 0.2) is 35.5 Å². The van der Waals surface area contributed by atoms with E-state index in [4.69, 9.17) is 4.42 Å². The largest absolute Gasteiger partial charge is 0.468 e. The van der Waals surface area contributed by atoms with Crippen LogP contribution < -0.4 is 10.6 Å². The third-order valence-corrected chi connectivity index (χ3v) is 2.56. The maximum absolute atomic E-state index is 11.5. The summed E-state index contributed by atoms with van der Waals surface area (Å²) in [7, 11) is 3.74. The summed E-state index contributed by atoms with van der Waals surface area (Å²) in [5.74, 6) is -0.603. The van der Waals surface area contributed by atoms with Crippen LogP contribution in [0, 0.1) is 0 Å². The number of nitrogens with zero attached hydrogens (tertiary/aromatic N) is 1. The van der Waals surface area contributed by atoms with Gasteiger partial charge in [0.15, 0.2) is 0 Å². The summed E-state index contributed by atoms with van der Waals surface area (Å²) in [5.41, 5.74) is 0. The van der Waals surface area contributed by atoms with Gasteiger partial charge in [-0.1, -0.05) is 6.08 Å². The van der Waals surface area contributed by atoms with Crippen LogP contribution in [0.2, 0.25) is 0 Å². The van der Waals surface area contributed by atoms with Crippen LogP contribution in [-0.4, -0.2) is 43.9 Å². The molecule has 0 spiro atoms. The van der Waals surface area contributed by atoms with Gasteiger partial charge in [-0.25, -0.2) is 0 Å². The molecule has 0 bridgehead atoms. The first-order chi connectivity index (χ1) is 9.06. The van der Waals surface area contributed by atoms with Gasteiger partial charge in [0.1, 0.15) is 5.76 Å². The maximum Gasteiger partial charge on any atom is 0.309 e. The highest BCUT2D eigenvalue weighted by atomic mass is 16.3. The predicted molar refractivity (Wildman–Crippen MR) is 71.4 cm³/mol. The van der Waals surface area contributed by atoms with Gasteiger partial charge in [0.2, 0.25) is 0 Å². The molecule has 1 rings (SSSR count). The molecule has 0 aromatic carbocycles. The quantitative estimate of drug-likeness (QED) is 0.573. The van der Waals surface area contributed by atoms with Gasteiger partial charge in [-0.3, -0.25) is 14.5 Å². The number of hydrogen-bond donors (Lipinski definition) is 2. The van der Waals surface area contributed by atoms with Gasteiger partial charge >= 0.3 is 11.8 Å². The Bertz CT molecular complexity index is 426. The molecule has 104 valence electrons. The molecule has 2 amide bonds. The number of amides is 2. The zero-order chi connectivity index (χ0) is 14.3. The molecule has 1 aromatic rings. The fraction of sp³-hybridized carbons (Fsp3) is 0.385. The Labute approximate surface area is 112 Å². The van der Waals surface area contributed by atoms with E-state index in [9.17, 15) is 9.59 Å². The minimum absolute atomic E-state index is 0.119. The van der Waals surface area contributed by atoms with E-state index in [2.05, 4.69) is 17.2 Å². The smallest absolute Gasteiger partial charge is 0.309 e. The second kappa shape index (κ2) is 7.38. The van der Waals surface area contributed by atoms with Crippen molar-refractivity contribution in [2.24, 2.45) is 0 Å². The standard InChI is InChI=1S/C13H19N3O3/c1-4-7-14-12(17)13(18)15-9-10(16(2)3)11-6-5-8-19-11/h4-6,8,10H,1,7,9H2,2-3H3,(H,14,17)(H,15,18). The van der Waals surface area contributed by atoms with E-state index in [0.717, 1.165) is 5.76 Å². The molecule has 1 heterocycles. The zero-order valence-corrected chi connectivity index (χ0v) is 11.2. The highest BCUT2D eigenvalue weighted by molar-refractivity contribution is 6.35. The molecule has 0 fully saturated rings. The number of rotatable bonds is 6. The predicted octanol–water partition coefficient (Wildman–Crippen LogP) is 0.301. The van der Waals surface area contributed by atoms with Crippen molar-refractivity contribution in [2.75, 3.05) is 27.2 Å². The SMILES string of the molecule is C=CCNC(=O)C(=O)NCC(c1ccco1)N(C)C. The van der Waals surface area contributed by atoms with Crippen molar-refractivity contribution in [3.63, 3.8) is 0 Å². The van der Waals surface area contributed by atoms with Gasteiger partial charge in [-0.15, -0.1) is 6.58 Å². The molecule has 2 N–H and O–H groups in total. The lowest BCUT2D eigenvalue weighted by atomic mass is 10.2. The maximum atomic E-state index is 11.5. The van der Waals surface area contributed by atoms with Gasteiger partial charge < -0.3 is 15.1 Å². The molecule has 6 nitrogen and oxygen atoms in total. The number of nitrogens with one attached hydrogen (secondary N) is 2. The second-order valence-corrected chi connectivity index (χ2v) is 4.20. The highest BCUT2D eigenvalue weighted by Crippen LogP contribution is 2.17. The fourth-order valence-corrected chi connectivity index (χ4v) is 1.53. The fourth-order valence-electron chi connectivity index (χ4n) is 1.53. The van der Waals surface area contributed by atoms with E-state index >= 15 is 0 Å². The van der Waals surface area contributed by atoms with Crippen LogP contribution in [0.25, 0.3) is 0 Å². The van der Waals surface area contributed by atoms with Crippen molar-refractivity contribution < 1.29 is 14.0 Å². The molecule has 0 aliphatic rings. The van der Waals surface area contributed by atoms with Crippen LogP contribution in [0.4, 0.5) is 0 Å². The number of hydrogen-bond acceptors (Lipinski definition) is 4. The van der Waals surface area contributed by atoms with Crippen LogP contribution in [0.3, 0.4) is 0 Å². The highest BCUT2D eigenvalue weighted by Gasteiger charge is 2.20. The van der Waals surface area contributed by atoms with Gasteiger partial charge in [0, 0.05) is 13.1 Å². The lowest BCUT2D eigenvalue weighted by molar-refractivity contribution is -0.139. The van der Waals surface area contributed by atoms with E-state index < -0.39 is 11.8 Å². The van der Waals surface area contributed by atoms with E-state index in [1.165, 1.54) is 6.08 Å².